The lowest BCUT2D eigenvalue weighted by Crippen LogP contribution is -2.25. The molecule has 0 amide bonds. The van der Waals surface area contributed by atoms with Crippen LogP contribution >= 0.6 is 15.9 Å². The van der Waals surface area contributed by atoms with Gasteiger partial charge in [-0.25, -0.2) is 0 Å². The molecule has 2 rings (SSSR count). The molecule has 1 nitrogen and oxygen atoms in total. The molecule has 0 aliphatic heterocycles. The highest BCUT2D eigenvalue weighted by Crippen LogP contribution is 2.52. The van der Waals surface area contributed by atoms with Crippen LogP contribution in [-0.4, -0.2) is 11.2 Å². The van der Waals surface area contributed by atoms with Gasteiger partial charge in [0.1, 0.15) is 0 Å². The van der Waals surface area contributed by atoms with Crippen molar-refractivity contribution in [2.75, 3.05) is 0 Å². The number of aliphatic hydroxyl groups excluding tert-OH is 1. The highest BCUT2D eigenvalue weighted by Gasteiger charge is 2.47. The molecule has 13 heavy (non-hydrogen) atoms. The first-order valence-electron chi connectivity index (χ1n) is 5.05. The molecule has 0 aromatic rings. The van der Waals surface area contributed by atoms with Gasteiger partial charge in [0.15, 0.2) is 0 Å². The Morgan fingerprint density at radius 3 is 2.92 bits per heavy atom. The average Bonchev–Trinajstić information content (AvgIpc) is 2.22. The lowest BCUT2D eigenvalue weighted by atomic mass is 9.74. The molecular weight excluding hydrogens is 228 g/mol. The van der Waals surface area contributed by atoms with E-state index in [0.717, 1.165) is 12.8 Å². The van der Waals surface area contributed by atoms with E-state index < -0.39 is 0 Å². The fraction of sp³-hybridized carbons (Fsp3) is 0.818. The number of hydrogen-bond donors (Lipinski definition) is 1. The molecule has 0 unspecified atom stereocenters. The standard InChI is InChI=1S/C11H17BrO/c1-11(2)6-10(13)8-5-7(12)3-4-9(8)11/h5,8-10,13H,3-4,6H2,1-2H3/t8-,9-,10+/m1/s1. The summed E-state index contributed by atoms with van der Waals surface area (Å²) in [4.78, 5) is 0. The van der Waals surface area contributed by atoms with Gasteiger partial charge in [-0.3, -0.25) is 0 Å². The van der Waals surface area contributed by atoms with Crippen LogP contribution in [-0.2, 0) is 0 Å². The molecule has 0 bridgehead atoms. The van der Waals surface area contributed by atoms with Gasteiger partial charge >= 0.3 is 0 Å². The number of rotatable bonds is 0. The molecule has 74 valence electrons. The van der Waals surface area contributed by atoms with Crippen molar-refractivity contribution in [1.29, 1.82) is 0 Å². The third kappa shape index (κ3) is 1.59. The average molecular weight is 245 g/mol. The van der Waals surface area contributed by atoms with Gasteiger partial charge in [0.05, 0.1) is 6.10 Å². The first kappa shape index (κ1) is 9.72. The van der Waals surface area contributed by atoms with Crippen molar-refractivity contribution in [3.8, 4) is 0 Å². The molecule has 3 atom stereocenters. The van der Waals surface area contributed by atoms with E-state index in [-0.39, 0.29) is 6.10 Å². The summed E-state index contributed by atoms with van der Waals surface area (Å²) in [6.45, 7) is 4.57. The van der Waals surface area contributed by atoms with Gasteiger partial charge in [-0.2, -0.15) is 0 Å². The van der Waals surface area contributed by atoms with Gasteiger partial charge in [-0.05, 0) is 35.1 Å². The third-order valence-electron chi connectivity index (χ3n) is 3.72. The monoisotopic (exact) mass is 244 g/mol. The second kappa shape index (κ2) is 3.09. The van der Waals surface area contributed by atoms with Crippen LogP contribution in [0.1, 0.15) is 33.1 Å². The SMILES string of the molecule is CC1(C)C[C@H](O)[C@@H]2C=C(Br)CC[C@H]21. The topological polar surface area (TPSA) is 20.2 Å². The molecular formula is C11H17BrO. The highest BCUT2D eigenvalue weighted by molar-refractivity contribution is 9.11. The smallest absolute Gasteiger partial charge is 0.0611 e. The number of aliphatic hydroxyl groups is 1. The predicted octanol–water partition coefficient (Wildman–Crippen LogP) is 3.08. The summed E-state index contributed by atoms with van der Waals surface area (Å²) < 4.78 is 1.28. The Hall–Kier alpha value is 0.180. The summed E-state index contributed by atoms with van der Waals surface area (Å²) in [6, 6.07) is 0. The normalized spacial score (nSPS) is 42.8. The second-order valence-corrected chi connectivity index (χ2v) is 6.11. The predicted molar refractivity (Wildman–Crippen MR) is 57.6 cm³/mol. The Morgan fingerprint density at radius 1 is 1.54 bits per heavy atom. The molecule has 2 heteroatoms. The number of hydrogen-bond acceptors (Lipinski definition) is 1. The number of halogens is 1. The van der Waals surface area contributed by atoms with E-state index in [9.17, 15) is 5.11 Å². The fourth-order valence-corrected chi connectivity index (χ4v) is 3.55. The van der Waals surface area contributed by atoms with Crippen LogP contribution in [0.2, 0.25) is 0 Å². The lowest BCUT2D eigenvalue weighted by molar-refractivity contribution is 0.137. The first-order chi connectivity index (χ1) is 6.00. The quantitative estimate of drug-likeness (QED) is 0.695. The Kier molecular flexibility index (Phi) is 2.31. The zero-order valence-electron chi connectivity index (χ0n) is 8.26. The van der Waals surface area contributed by atoms with Crippen molar-refractivity contribution >= 4 is 15.9 Å². The summed E-state index contributed by atoms with van der Waals surface area (Å²) in [7, 11) is 0. The first-order valence-corrected chi connectivity index (χ1v) is 5.84. The molecule has 0 spiro atoms. The summed E-state index contributed by atoms with van der Waals surface area (Å²) in [6.07, 6.45) is 5.45. The van der Waals surface area contributed by atoms with Crippen molar-refractivity contribution in [2.24, 2.45) is 17.3 Å². The summed E-state index contributed by atoms with van der Waals surface area (Å²) in [5, 5.41) is 9.91. The number of allylic oxidation sites excluding steroid dienone is 1. The van der Waals surface area contributed by atoms with E-state index in [1.54, 1.807) is 0 Å². The van der Waals surface area contributed by atoms with E-state index in [4.69, 9.17) is 0 Å². The van der Waals surface area contributed by atoms with Crippen LogP contribution in [0.5, 0.6) is 0 Å². The van der Waals surface area contributed by atoms with Gasteiger partial charge < -0.3 is 5.11 Å². The van der Waals surface area contributed by atoms with Gasteiger partial charge in [-0.15, -0.1) is 0 Å². The zero-order chi connectivity index (χ0) is 9.64. The minimum absolute atomic E-state index is 0.118. The van der Waals surface area contributed by atoms with Crippen LogP contribution in [0.3, 0.4) is 0 Å². The molecule has 0 saturated heterocycles. The minimum atomic E-state index is -0.118. The van der Waals surface area contributed by atoms with E-state index >= 15 is 0 Å². The lowest BCUT2D eigenvalue weighted by Gasteiger charge is -2.32. The highest BCUT2D eigenvalue weighted by atomic mass is 79.9. The minimum Gasteiger partial charge on any atom is -0.392 e. The van der Waals surface area contributed by atoms with Crippen LogP contribution in [0, 0.1) is 17.3 Å². The molecule has 1 saturated carbocycles. The van der Waals surface area contributed by atoms with Crippen molar-refractivity contribution in [3.63, 3.8) is 0 Å². The molecule has 2 aliphatic rings. The van der Waals surface area contributed by atoms with Crippen molar-refractivity contribution in [3.05, 3.63) is 10.6 Å². The maximum absolute atomic E-state index is 9.91. The van der Waals surface area contributed by atoms with Gasteiger partial charge in [0.25, 0.3) is 0 Å². The van der Waals surface area contributed by atoms with Crippen LogP contribution in [0.15, 0.2) is 10.6 Å². The van der Waals surface area contributed by atoms with Crippen LogP contribution in [0.25, 0.3) is 0 Å². The summed E-state index contributed by atoms with van der Waals surface area (Å²) >= 11 is 3.54. The van der Waals surface area contributed by atoms with Crippen LogP contribution < -0.4 is 0 Å². The van der Waals surface area contributed by atoms with Gasteiger partial charge in [0.2, 0.25) is 0 Å². The van der Waals surface area contributed by atoms with E-state index in [2.05, 4.69) is 35.9 Å². The second-order valence-electron chi connectivity index (χ2n) is 5.10. The Balaban J connectivity index is 2.27. The number of fused-ring (bicyclic) bond motifs is 1. The molecule has 0 heterocycles. The maximum Gasteiger partial charge on any atom is 0.0611 e. The van der Waals surface area contributed by atoms with Crippen molar-refractivity contribution < 1.29 is 5.11 Å². The van der Waals surface area contributed by atoms with Gasteiger partial charge in [-0.1, -0.05) is 35.9 Å². The largest absolute Gasteiger partial charge is 0.392 e. The Morgan fingerprint density at radius 2 is 2.23 bits per heavy atom. The maximum atomic E-state index is 9.91. The Labute approximate surface area is 88.3 Å². The molecule has 2 aliphatic carbocycles. The van der Waals surface area contributed by atoms with Crippen LogP contribution in [0.4, 0.5) is 0 Å². The molecule has 1 fully saturated rings. The molecule has 0 radical (unpaired) electrons. The summed E-state index contributed by atoms with van der Waals surface area (Å²) in [5.41, 5.74) is 0.328. The fourth-order valence-electron chi connectivity index (χ4n) is 3.01. The summed E-state index contributed by atoms with van der Waals surface area (Å²) in [5.74, 6) is 1.09. The van der Waals surface area contributed by atoms with E-state index in [0.29, 0.717) is 17.3 Å². The van der Waals surface area contributed by atoms with E-state index in [1.807, 2.05) is 0 Å². The molecule has 0 aromatic heterocycles. The third-order valence-corrected chi connectivity index (χ3v) is 4.38. The van der Waals surface area contributed by atoms with Crippen molar-refractivity contribution in [1.82, 2.24) is 0 Å². The Bertz CT molecular complexity index is 244. The van der Waals surface area contributed by atoms with E-state index in [1.165, 1.54) is 10.9 Å². The molecule has 0 aromatic carbocycles. The molecule has 1 N–H and O–H groups in total. The zero-order valence-corrected chi connectivity index (χ0v) is 9.84. The van der Waals surface area contributed by atoms with Crippen molar-refractivity contribution in [2.45, 2.75) is 39.2 Å². The van der Waals surface area contributed by atoms with Gasteiger partial charge in [0, 0.05) is 5.92 Å².